The van der Waals surface area contributed by atoms with Crippen molar-refractivity contribution in [1.82, 2.24) is 34.9 Å². The molecule has 304 valence electrons. The molecule has 0 aliphatic carbocycles. The zero-order valence-corrected chi connectivity index (χ0v) is 33.0. The number of likely N-dealkylation sites (tertiary alicyclic amines) is 2. The predicted molar refractivity (Wildman–Crippen MR) is 214 cm³/mol. The van der Waals surface area contributed by atoms with E-state index in [1.807, 2.05) is 6.07 Å². The number of halogens is 2. The Balaban J connectivity index is 0.731. The van der Waals surface area contributed by atoms with Crippen molar-refractivity contribution in [2.24, 2.45) is 13.0 Å². The third-order valence-corrected chi connectivity index (χ3v) is 13.9. The van der Waals surface area contributed by atoms with Gasteiger partial charge in [-0.25, -0.2) is 18.6 Å². The number of carbonyl (C=O) groups is 2. The minimum absolute atomic E-state index is 0.0331. The highest BCUT2D eigenvalue weighted by molar-refractivity contribution is 7.99. The van der Waals surface area contributed by atoms with E-state index < -0.39 is 17.4 Å². The summed E-state index contributed by atoms with van der Waals surface area (Å²) in [6.07, 6.45) is 6.06. The van der Waals surface area contributed by atoms with Crippen LogP contribution in [0.4, 0.5) is 25.1 Å². The number of aryl methyl sites for hydroxylation is 1. The van der Waals surface area contributed by atoms with Gasteiger partial charge in [0.05, 0.1) is 29.1 Å². The lowest BCUT2D eigenvalue weighted by atomic mass is 9.92. The van der Waals surface area contributed by atoms with Crippen molar-refractivity contribution in [3.8, 4) is 5.75 Å². The topological polar surface area (TPSA) is 141 Å². The number of nitrogens with zero attached hydrogens (tertiary/aromatic N) is 7. The number of amides is 3. The van der Waals surface area contributed by atoms with Crippen molar-refractivity contribution in [3.05, 3.63) is 52.1 Å². The Morgan fingerprint density at radius 3 is 2.42 bits per heavy atom. The van der Waals surface area contributed by atoms with Crippen molar-refractivity contribution in [3.63, 3.8) is 0 Å². The summed E-state index contributed by atoms with van der Waals surface area (Å²) in [5, 5.41) is 7.81. The molecule has 0 atom stereocenters. The lowest BCUT2D eigenvalue weighted by Crippen LogP contribution is -2.64. The molecule has 5 saturated heterocycles. The van der Waals surface area contributed by atoms with E-state index in [9.17, 15) is 14.4 Å². The molecular weight excluding hydrogens is 757 g/mol. The van der Waals surface area contributed by atoms with Gasteiger partial charge < -0.3 is 19.4 Å². The van der Waals surface area contributed by atoms with E-state index in [0.717, 1.165) is 96.5 Å². The van der Waals surface area contributed by atoms with Crippen molar-refractivity contribution in [2.45, 2.75) is 68.0 Å². The molecule has 5 aliphatic heterocycles. The third kappa shape index (κ3) is 7.95. The van der Waals surface area contributed by atoms with Gasteiger partial charge in [0.25, 0.3) is 5.56 Å². The van der Waals surface area contributed by atoms with Gasteiger partial charge in [-0.1, -0.05) is 0 Å². The van der Waals surface area contributed by atoms with Crippen molar-refractivity contribution in [1.29, 1.82) is 0 Å². The molecule has 2 aromatic heterocycles. The first-order valence-electron chi connectivity index (χ1n) is 20.2. The average Bonchev–Trinajstić information content (AvgIpc) is 3.50. The van der Waals surface area contributed by atoms with Crippen LogP contribution in [0.15, 0.2) is 29.1 Å². The van der Waals surface area contributed by atoms with Crippen LogP contribution in [0.3, 0.4) is 0 Å². The zero-order valence-electron chi connectivity index (χ0n) is 32.2. The van der Waals surface area contributed by atoms with Crippen LogP contribution in [0.1, 0.15) is 50.8 Å². The molecule has 4 aromatic rings. The maximum Gasteiger partial charge on any atom is 0.329 e. The van der Waals surface area contributed by atoms with E-state index >= 15 is 8.78 Å². The molecule has 17 heteroatoms. The van der Waals surface area contributed by atoms with Crippen LogP contribution in [0.25, 0.3) is 21.8 Å². The molecule has 14 nitrogen and oxygen atoms in total. The Morgan fingerprint density at radius 2 is 1.67 bits per heavy atom. The van der Waals surface area contributed by atoms with E-state index in [1.165, 1.54) is 17.0 Å². The molecule has 0 bridgehead atoms. The van der Waals surface area contributed by atoms with E-state index in [-0.39, 0.29) is 30.1 Å². The van der Waals surface area contributed by atoms with Gasteiger partial charge in [-0.05, 0) is 69.7 Å². The maximum absolute atomic E-state index is 15.6. The number of nitrogens with one attached hydrogen (secondary N) is 2. The van der Waals surface area contributed by atoms with Crippen LogP contribution in [-0.4, -0.2) is 124 Å². The highest BCUT2D eigenvalue weighted by Crippen LogP contribution is 2.35. The predicted octanol–water partition coefficient (Wildman–Crippen LogP) is 4.39. The molecule has 0 unspecified atom stereocenters. The number of aromatic nitrogens is 4. The summed E-state index contributed by atoms with van der Waals surface area (Å²) in [5.74, 6) is 0.944. The second-order valence-electron chi connectivity index (χ2n) is 16.1. The lowest BCUT2D eigenvalue weighted by Gasteiger charge is -2.52. The standard InChI is InChI=1S/C40H49F2N9O5S/c1-47-33-19-34(30(41)18-29(33)38(46-47)51-13-6-36(52)45-40(51)54)49-11-4-25(5-12-49)50-20-26(21-50)48-9-2-24(3-10-48)22-56-27-16-31(42)37-32(17-27)43-35(44-39(37)53)23-57-28-7-14-55-15-8-28/h16-19,24-26,28H,2-15,20-23H2,1H3,(H,43,44,53)(H,45,52,54). The first-order chi connectivity index (χ1) is 27.7. The molecule has 0 saturated carbocycles. The zero-order chi connectivity index (χ0) is 39.2. The summed E-state index contributed by atoms with van der Waals surface area (Å²) in [7, 11) is 1.78. The van der Waals surface area contributed by atoms with Gasteiger partial charge >= 0.3 is 6.03 Å². The summed E-state index contributed by atoms with van der Waals surface area (Å²) < 4.78 is 43.9. The van der Waals surface area contributed by atoms with Crippen LogP contribution in [0, 0.1) is 17.6 Å². The molecule has 5 aliphatic rings. The smallest absolute Gasteiger partial charge is 0.329 e. The second-order valence-corrected chi connectivity index (χ2v) is 17.4. The molecule has 2 aromatic carbocycles. The first-order valence-corrected chi connectivity index (χ1v) is 21.3. The van der Waals surface area contributed by atoms with Crippen LogP contribution in [0.5, 0.6) is 5.75 Å². The highest BCUT2D eigenvalue weighted by atomic mass is 32.2. The van der Waals surface area contributed by atoms with Crippen LogP contribution in [0.2, 0.25) is 0 Å². The molecule has 7 heterocycles. The van der Waals surface area contributed by atoms with E-state index in [0.29, 0.717) is 69.6 Å². The molecule has 3 amide bonds. The monoisotopic (exact) mass is 805 g/mol. The first kappa shape index (κ1) is 38.2. The van der Waals surface area contributed by atoms with Gasteiger partial charge in [0.1, 0.15) is 28.6 Å². The number of imide groups is 1. The summed E-state index contributed by atoms with van der Waals surface area (Å²) in [6, 6.07) is 6.73. The molecule has 2 N–H and O–H groups in total. The fourth-order valence-electron chi connectivity index (χ4n) is 9.08. The van der Waals surface area contributed by atoms with Gasteiger partial charge in [-0.2, -0.15) is 16.9 Å². The SMILES string of the molecule is Cn1nc(N2CCC(=O)NC2=O)c2cc(F)c(N3CCC(N4CC(N5CCC(COc6cc(F)c7c(=O)[nH]c(CSC8CCOCC8)nc7c6)CC5)C4)CC3)cc21. The average molecular weight is 806 g/mol. The number of fused-ring (bicyclic) bond motifs is 2. The minimum Gasteiger partial charge on any atom is -0.493 e. The normalized spacial score (nSPS) is 21.5. The fourth-order valence-corrected chi connectivity index (χ4v) is 10.1. The van der Waals surface area contributed by atoms with Crippen molar-refractivity contribution < 1.29 is 27.8 Å². The molecule has 9 rings (SSSR count). The molecule has 5 fully saturated rings. The Morgan fingerprint density at radius 1 is 0.895 bits per heavy atom. The number of urea groups is 1. The maximum atomic E-state index is 15.6. The van der Waals surface area contributed by atoms with Gasteiger partial charge in [-0.3, -0.25) is 34.3 Å². The molecule has 0 radical (unpaired) electrons. The number of rotatable bonds is 10. The van der Waals surface area contributed by atoms with Crippen LogP contribution in [-0.2, 0) is 22.3 Å². The van der Waals surface area contributed by atoms with Gasteiger partial charge in [-0.15, -0.1) is 0 Å². The Kier molecular flexibility index (Phi) is 10.8. The Bertz CT molecular complexity index is 2210. The Hall–Kier alpha value is -4.32. The summed E-state index contributed by atoms with van der Waals surface area (Å²) >= 11 is 1.75. The summed E-state index contributed by atoms with van der Waals surface area (Å²) in [6.45, 7) is 7.80. The number of hydrogen-bond donors (Lipinski definition) is 2. The number of thioether (sulfide) groups is 1. The van der Waals surface area contributed by atoms with Crippen LogP contribution < -0.4 is 25.4 Å². The number of carbonyl (C=O) groups excluding carboxylic acids is 2. The summed E-state index contributed by atoms with van der Waals surface area (Å²) in [5.41, 5.74) is 1.14. The minimum atomic E-state index is -0.617. The fraction of sp³-hybridized carbons (Fsp3) is 0.575. The van der Waals surface area contributed by atoms with E-state index in [1.54, 1.807) is 29.6 Å². The third-order valence-electron chi connectivity index (χ3n) is 12.5. The van der Waals surface area contributed by atoms with Crippen LogP contribution >= 0.6 is 11.8 Å². The van der Waals surface area contributed by atoms with Gasteiger partial charge in [0.15, 0.2) is 5.82 Å². The number of hydrogen-bond acceptors (Lipinski definition) is 11. The lowest BCUT2D eigenvalue weighted by molar-refractivity contribution is -0.120. The summed E-state index contributed by atoms with van der Waals surface area (Å²) in [4.78, 5) is 52.9. The largest absolute Gasteiger partial charge is 0.493 e. The van der Waals surface area contributed by atoms with E-state index in [2.05, 4.69) is 35.1 Å². The van der Waals surface area contributed by atoms with Gasteiger partial charge in [0.2, 0.25) is 5.91 Å². The van der Waals surface area contributed by atoms with Crippen molar-refractivity contribution >= 4 is 57.0 Å². The number of piperidine rings is 2. The molecular formula is C40H49F2N9O5S. The number of H-pyrrole nitrogens is 1. The van der Waals surface area contributed by atoms with E-state index in [4.69, 9.17) is 9.47 Å². The molecule has 57 heavy (non-hydrogen) atoms. The highest BCUT2D eigenvalue weighted by Gasteiger charge is 2.39. The number of ether oxygens (including phenoxy) is 2. The Labute approximate surface area is 333 Å². The number of anilines is 2. The number of aromatic amines is 1. The van der Waals surface area contributed by atoms with Crippen molar-refractivity contribution in [2.75, 3.05) is 75.4 Å². The second kappa shape index (κ2) is 16.1. The quantitative estimate of drug-likeness (QED) is 0.236. The molecule has 0 spiro atoms. The number of benzene rings is 2. The van der Waals surface area contributed by atoms with Gasteiger partial charge in [0, 0.05) is 94.3 Å².